The molecule has 1 aliphatic heterocycles. The summed E-state index contributed by atoms with van der Waals surface area (Å²) in [6, 6.07) is 8.91. The molecule has 0 saturated carbocycles. The molecule has 0 radical (unpaired) electrons. The fourth-order valence-corrected chi connectivity index (χ4v) is 2.76. The van der Waals surface area contributed by atoms with Gasteiger partial charge in [-0.25, -0.2) is 0 Å². The maximum atomic E-state index is 6.31. The number of aryl methyl sites for hydroxylation is 1. The van der Waals surface area contributed by atoms with E-state index in [2.05, 4.69) is 49.9 Å². The summed E-state index contributed by atoms with van der Waals surface area (Å²) in [6.07, 6.45) is 2.38. The van der Waals surface area contributed by atoms with Gasteiger partial charge in [0.05, 0.1) is 0 Å². The SMILES string of the molecule is CCc1ccc(C(N)CN2CCC(C)(C)C2)cc1. The molecule has 0 bridgehead atoms. The molecule has 2 heteroatoms. The smallest absolute Gasteiger partial charge is 0.0424 e. The van der Waals surface area contributed by atoms with Gasteiger partial charge in [-0.1, -0.05) is 45.0 Å². The molecule has 0 aliphatic carbocycles. The number of nitrogens with two attached hydrogens (primary N) is 1. The van der Waals surface area contributed by atoms with Crippen LogP contribution in [0.5, 0.6) is 0 Å². The fourth-order valence-electron chi connectivity index (χ4n) is 2.76. The van der Waals surface area contributed by atoms with Gasteiger partial charge in [0.2, 0.25) is 0 Å². The second-order valence-electron chi connectivity index (χ2n) is 6.35. The first-order chi connectivity index (χ1) is 8.50. The lowest BCUT2D eigenvalue weighted by Crippen LogP contribution is -2.31. The van der Waals surface area contributed by atoms with Crippen LogP contribution in [0.3, 0.4) is 0 Å². The maximum Gasteiger partial charge on any atom is 0.0424 e. The summed E-state index contributed by atoms with van der Waals surface area (Å²) in [5.74, 6) is 0. The molecule has 18 heavy (non-hydrogen) atoms. The highest BCUT2D eigenvalue weighted by Gasteiger charge is 2.29. The van der Waals surface area contributed by atoms with Crippen molar-refractivity contribution in [2.45, 2.75) is 39.7 Å². The van der Waals surface area contributed by atoms with E-state index in [0.717, 1.165) is 13.0 Å². The normalized spacial score (nSPS) is 21.1. The molecular weight excluding hydrogens is 220 g/mol. The van der Waals surface area contributed by atoms with Crippen LogP contribution in [0.2, 0.25) is 0 Å². The van der Waals surface area contributed by atoms with E-state index in [9.17, 15) is 0 Å². The van der Waals surface area contributed by atoms with Crippen LogP contribution < -0.4 is 5.73 Å². The van der Waals surface area contributed by atoms with Gasteiger partial charge in [0.15, 0.2) is 0 Å². The van der Waals surface area contributed by atoms with Crippen molar-refractivity contribution in [3.05, 3.63) is 35.4 Å². The molecule has 1 unspecified atom stereocenters. The highest BCUT2D eigenvalue weighted by Crippen LogP contribution is 2.29. The molecule has 0 spiro atoms. The predicted molar refractivity (Wildman–Crippen MR) is 77.6 cm³/mol. The van der Waals surface area contributed by atoms with Crippen molar-refractivity contribution in [2.24, 2.45) is 11.1 Å². The van der Waals surface area contributed by atoms with E-state index in [1.54, 1.807) is 0 Å². The van der Waals surface area contributed by atoms with Crippen molar-refractivity contribution in [3.8, 4) is 0 Å². The van der Waals surface area contributed by atoms with Crippen LogP contribution in [0, 0.1) is 5.41 Å². The lowest BCUT2D eigenvalue weighted by atomic mass is 9.93. The standard InChI is InChI=1S/C16H26N2/c1-4-13-5-7-14(8-6-13)15(17)11-18-10-9-16(2,3)12-18/h5-8,15H,4,9-12,17H2,1-3H3. The molecule has 2 nitrogen and oxygen atoms in total. The summed E-state index contributed by atoms with van der Waals surface area (Å²) in [6.45, 7) is 10.2. The Balaban J connectivity index is 1.93. The molecule has 1 saturated heterocycles. The van der Waals surface area contributed by atoms with Gasteiger partial charge in [-0.15, -0.1) is 0 Å². The minimum atomic E-state index is 0.143. The van der Waals surface area contributed by atoms with Crippen molar-refractivity contribution in [1.29, 1.82) is 0 Å². The Morgan fingerprint density at radius 3 is 2.44 bits per heavy atom. The topological polar surface area (TPSA) is 29.3 Å². The summed E-state index contributed by atoms with van der Waals surface area (Å²) in [5.41, 5.74) is 9.42. The highest BCUT2D eigenvalue weighted by atomic mass is 15.2. The molecule has 2 N–H and O–H groups in total. The fraction of sp³-hybridized carbons (Fsp3) is 0.625. The Morgan fingerprint density at radius 2 is 1.94 bits per heavy atom. The monoisotopic (exact) mass is 246 g/mol. The van der Waals surface area contributed by atoms with E-state index >= 15 is 0 Å². The molecule has 1 aromatic rings. The van der Waals surface area contributed by atoms with Crippen molar-refractivity contribution >= 4 is 0 Å². The molecule has 0 aromatic heterocycles. The van der Waals surface area contributed by atoms with E-state index in [1.807, 2.05) is 0 Å². The lowest BCUT2D eigenvalue weighted by molar-refractivity contribution is 0.276. The Bertz CT molecular complexity index is 381. The number of benzene rings is 1. The number of likely N-dealkylation sites (tertiary alicyclic amines) is 1. The van der Waals surface area contributed by atoms with Gasteiger partial charge in [0.1, 0.15) is 0 Å². The zero-order chi connectivity index (χ0) is 13.2. The molecule has 1 atom stereocenters. The summed E-state index contributed by atoms with van der Waals surface area (Å²) in [4.78, 5) is 2.50. The second kappa shape index (κ2) is 5.41. The quantitative estimate of drug-likeness (QED) is 0.885. The van der Waals surface area contributed by atoms with E-state index in [0.29, 0.717) is 5.41 Å². The van der Waals surface area contributed by atoms with Crippen LogP contribution in [-0.4, -0.2) is 24.5 Å². The zero-order valence-corrected chi connectivity index (χ0v) is 11.9. The Labute approximate surface area is 111 Å². The first kappa shape index (κ1) is 13.6. The minimum absolute atomic E-state index is 0.143. The largest absolute Gasteiger partial charge is 0.323 e. The zero-order valence-electron chi connectivity index (χ0n) is 11.9. The molecule has 0 amide bonds. The predicted octanol–water partition coefficient (Wildman–Crippen LogP) is 2.98. The Kier molecular flexibility index (Phi) is 4.08. The first-order valence-electron chi connectivity index (χ1n) is 7.07. The van der Waals surface area contributed by atoms with Crippen LogP contribution >= 0.6 is 0 Å². The van der Waals surface area contributed by atoms with Crippen molar-refractivity contribution < 1.29 is 0 Å². The van der Waals surface area contributed by atoms with Gasteiger partial charge in [0.25, 0.3) is 0 Å². The highest BCUT2D eigenvalue weighted by molar-refractivity contribution is 5.25. The second-order valence-corrected chi connectivity index (χ2v) is 6.35. The van der Waals surface area contributed by atoms with E-state index in [1.165, 1.54) is 30.6 Å². The van der Waals surface area contributed by atoms with Gasteiger partial charge in [-0.3, -0.25) is 0 Å². The lowest BCUT2D eigenvalue weighted by Gasteiger charge is -2.23. The number of hydrogen-bond acceptors (Lipinski definition) is 2. The molecule has 1 aliphatic rings. The van der Waals surface area contributed by atoms with Gasteiger partial charge in [-0.2, -0.15) is 0 Å². The van der Waals surface area contributed by atoms with Gasteiger partial charge in [0, 0.05) is 19.1 Å². The third kappa shape index (κ3) is 3.33. The van der Waals surface area contributed by atoms with E-state index < -0.39 is 0 Å². The third-order valence-electron chi connectivity index (χ3n) is 4.03. The summed E-state index contributed by atoms with van der Waals surface area (Å²) in [7, 11) is 0. The van der Waals surface area contributed by atoms with E-state index in [4.69, 9.17) is 5.73 Å². The Hall–Kier alpha value is -0.860. The summed E-state index contributed by atoms with van der Waals surface area (Å²) in [5, 5.41) is 0. The van der Waals surface area contributed by atoms with Crippen molar-refractivity contribution in [3.63, 3.8) is 0 Å². The number of hydrogen-bond donors (Lipinski definition) is 1. The van der Waals surface area contributed by atoms with Gasteiger partial charge >= 0.3 is 0 Å². The number of nitrogens with zero attached hydrogens (tertiary/aromatic N) is 1. The summed E-state index contributed by atoms with van der Waals surface area (Å²) >= 11 is 0. The molecule has 1 heterocycles. The third-order valence-corrected chi connectivity index (χ3v) is 4.03. The Morgan fingerprint density at radius 1 is 1.28 bits per heavy atom. The first-order valence-corrected chi connectivity index (χ1v) is 7.07. The molecule has 2 rings (SSSR count). The van der Waals surface area contributed by atoms with Crippen LogP contribution in [0.1, 0.15) is 44.4 Å². The van der Waals surface area contributed by atoms with Crippen LogP contribution in [0.15, 0.2) is 24.3 Å². The maximum absolute atomic E-state index is 6.31. The van der Waals surface area contributed by atoms with Crippen molar-refractivity contribution in [1.82, 2.24) is 4.90 Å². The minimum Gasteiger partial charge on any atom is -0.323 e. The molecular formula is C16H26N2. The van der Waals surface area contributed by atoms with Crippen LogP contribution in [0.25, 0.3) is 0 Å². The summed E-state index contributed by atoms with van der Waals surface area (Å²) < 4.78 is 0. The van der Waals surface area contributed by atoms with Crippen LogP contribution in [-0.2, 0) is 6.42 Å². The van der Waals surface area contributed by atoms with Gasteiger partial charge < -0.3 is 10.6 Å². The van der Waals surface area contributed by atoms with Crippen LogP contribution in [0.4, 0.5) is 0 Å². The average Bonchev–Trinajstić information content (AvgIpc) is 2.68. The molecule has 1 fully saturated rings. The molecule has 1 aromatic carbocycles. The van der Waals surface area contributed by atoms with Crippen molar-refractivity contribution in [2.75, 3.05) is 19.6 Å². The van der Waals surface area contributed by atoms with E-state index in [-0.39, 0.29) is 6.04 Å². The average molecular weight is 246 g/mol. The number of rotatable bonds is 4. The molecule has 100 valence electrons. The van der Waals surface area contributed by atoms with Gasteiger partial charge in [-0.05, 0) is 35.9 Å².